The van der Waals surface area contributed by atoms with Gasteiger partial charge in [0.05, 0.1) is 23.9 Å². The zero-order valence-corrected chi connectivity index (χ0v) is 20.2. The fraction of sp³-hybridized carbons (Fsp3) is 0.370. The first-order chi connectivity index (χ1) is 17.5. The Morgan fingerprint density at radius 2 is 1.86 bits per heavy atom. The average molecular weight is 492 g/mol. The van der Waals surface area contributed by atoms with Crippen LogP contribution in [0, 0.1) is 5.92 Å². The van der Waals surface area contributed by atoms with Crippen LogP contribution in [-0.4, -0.2) is 66.8 Å². The molecule has 0 bridgehead atoms. The quantitative estimate of drug-likeness (QED) is 0.516. The number of aromatic carboxylic acids is 1. The molecule has 5 rings (SSSR count). The molecule has 1 amide bonds. The minimum absolute atomic E-state index is 0.0736. The molecule has 0 spiro atoms. The van der Waals surface area contributed by atoms with Gasteiger partial charge in [-0.25, -0.2) is 9.78 Å². The maximum Gasteiger partial charge on any atom is 0.336 e. The van der Waals surface area contributed by atoms with Crippen molar-refractivity contribution in [3.8, 4) is 17.4 Å². The van der Waals surface area contributed by atoms with Crippen LogP contribution in [0.1, 0.15) is 28.8 Å². The number of carbonyl (C=O) groups excluding carboxylic acids is 1. The van der Waals surface area contributed by atoms with Gasteiger partial charge in [-0.3, -0.25) is 4.79 Å². The van der Waals surface area contributed by atoms with E-state index >= 15 is 0 Å². The van der Waals surface area contributed by atoms with Crippen LogP contribution in [0.15, 0.2) is 42.5 Å². The number of aromatic nitrogens is 1. The van der Waals surface area contributed by atoms with Crippen LogP contribution in [0.3, 0.4) is 0 Å². The van der Waals surface area contributed by atoms with Crippen molar-refractivity contribution in [2.45, 2.75) is 19.3 Å². The molecule has 9 nitrogen and oxygen atoms in total. The zero-order valence-electron chi connectivity index (χ0n) is 20.2. The average Bonchev–Trinajstić information content (AvgIpc) is 2.91. The first-order valence-corrected chi connectivity index (χ1v) is 12.1. The SMILES string of the molecule is COc1ccc2c(C(=O)O)ccc(NC(=O)C3CCN(CCc4ccc5c(c4)OCCO5)CC3)c2n1. The van der Waals surface area contributed by atoms with Crippen molar-refractivity contribution in [2.75, 3.05) is 45.3 Å². The molecule has 0 atom stereocenters. The third-order valence-corrected chi connectivity index (χ3v) is 6.81. The number of hydrogen-bond donors (Lipinski definition) is 2. The minimum Gasteiger partial charge on any atom is -0.486 e. The van der Waals surface area contributed by atoms with Gasteiger partial charge in [-0.1, -0.05) is 6.07 Å². The molecule has 3 heterocycles. The van der Waals surface area contributed by atoms with Crippen molar-refractivity contribution in [3.63, 3.8) is 0 Å². The van der Waals surface area contributed by atoms with Crippen molar-refractivity contribution in [1.82, 2.24) is 9.88 Å². The molecule has 1 saturated heterocycles. The molecule has 0 saturated carbocycles. The molecule has 9 heteroatoms. The molecular weight excluding hydrogens is 462 g/mol. The number of carboxylic acid groups (broad SMARTS) is 1. The van der Waals surface area contributed by atoms with Crippen molar-refractivity contribution in [1.29, 1.82) is 0 Å². The summed E-state index contributed by atoms with van der Waals surface area (Å²) in [6.45, 7) is 3.76. The van der Waals surface area contributed by atoms with E-state index in [1.807, 2.05) is 6.07 Å². The summed E-state index contributed by atoms with van der Waals surface area (Å²) < 4.78 is 16.5. The lowest BCUT2D eigenvalue weighted by atomic mass is 9.95. The van der Waals surface area contributed by atoms with E-state index in [4.69, 9.17) is 14.2 Å². The Morgan fingerprint density at radius 1 is 1.08 bits per heavy atom. The van der Waals surface area contributed by atoms with Gasteiger partial charge >= 0.3 is 5.97 Å². The molecule has 2 aliphatic rings. The number of likely N-dealkylation sites (tertiary alicyclic amines) is 1. The first-order valence-electron chi connectivity index (χ1n) is 12.1. The van der Waals surface area contributed by atoms with Gasteiger partial charge in [0.25, 0.3) is 0 Å². The number of pyridine rings is 1. The summed E-state index contributed by atoms with van der Waals surface area (Å²) in [4.78, 5) is 31.5. The molecule has 0 radical (unpaired) electrons. The lowest BCUT2D eigenvalue weighted by Crippen LogP contribution is -2.39. The van der Waals surface area contributed by atoms with E-state index in [-0.39, 0.29) is 17.4 Å². The predicted molar refractivity (Wildman–Crippen MR) is 134 cm³/mol. The van der Waals surface area contributed by atoms with Gasteiger partial charge in [0.15, 0.2) is 11.5 Å². The second kappa shape index (κ2) is 10.4. The lowest BCUT2D eigenvalue weighted by Gasteiger charge is -2.31. The molecule has 1 aromatic heterocycles. The largest absolute Gasteiger partial charge is 0.486 e. The molecule has 3 aromatic rings. The molecule has 0 unspecified atom stereocenters. The van der Waals surface area contributed by atoms with Gasteiger partial charge in [0, 0.05) is 23.9 Å². The molecule has 2 aromatic carbocycles. The van der Waals surface area contributed by atoms with Crippen LogP contribution < -0.4 is 19.5 Å². The van der Waals surface area contributed by atoms with Crippen LogP contribution in [0.4, 0.5) is 5.69 Å². The third-order valence-electron chi connectivity index (χ3n) is 6.81. The number of methoxy groups -OCH3 is 1. The number of fused-ring (bicyclic) bond motifs is 2. The zero-order chi connectivity index (χ0) is 25.1. The van der Waals surface area contributed by atoms with Gasteiger partial charge in [-0.05, 0) is 68.2 Å². The standard InChI is InChI=1S/C27H29N3O6/c1-34-24-7-4-19-20(27(32)33)3-5-21(25(19)29-24)28-26(31)18-9-12-30(13-10-18)11-8-17-2-6-22-23(16-17)36-15-14-35-22/h2-7,16,18H,8-15H2,1H3,(H,28,31)(H,32,33). The maximum absolute atomic E-state index is 13.1. The fourth-order valence-electron chi connectivity index (χ4n) is 4.78. The molecule has 1 fully saturated rings. The highest BCUT2D eigenvalue weighted by Gasteiger charge is 2.26. The number of benzene rings is 2. The van der Waals surface area contributed by atoms with Crippen LogP contribution in [0.5, 0.6) is 17.4 Å². The topological polar surface area (TPSA) is 110 Å². The monoisotopic (exact) mass is 491 g/mol. The molecule has 36 heavy (non-hydrogen) atoms. The Bertz CT molecular complexity index is 1290. The number of piperidine rings is 1. The summed E-state index contributed by atoms with van der Waals surface area (Å²) in [5.41, 5.74) is 2.22. The van der Waals surface area contributed by atoms with E-state index in [9.17, 15) is 14.7 Å². The summed E-state index contributed by atoms with van der Waals surface area (Å²) in [5, 5.41) is 13.0. The number of amides is 1. The molecular formula is C27H29N3O6. The maximum atomic E-state index is 13.1. The normalized spacial score (nSPS) is 16.0. The highest BCUT2D eigenvalue weighted by molar-refractivity contribution is 6.09. The number of carboxylic acids is 1. The van der Waals surface area contributed by atoms with Crippen LogP contribution >= 0.6 is 0 Å². The molecule has 2 aliphatic heterocycles. The van der Waals surface area contributed by atoms with Gasteiger partial charge < -0.3 is 29.5 Å². The van der Waals surface area contributed by atoms with Gasteiger partial charge in [-0.15, -0.1) is 0 Å². The van der Waals surface area contributed by atoms with Crippen molar-refractivity contribution in [3.05, 3.63) is 53.6 Å². The van der Waals surface area contributed by atoms with Gasteiger partial charge in [0.1, 0.15) is 13.2 Å². The van der Waals surface area contributed by atoms with E-state index < -0.39 is 5.97 Å². The molecule has 2 N–H and O–H groups in total. The second-order valence-corrected chi connectivity index (χ2v) is 9.05. The molecule has 188 valence electrons. The van der Waals surface area contributed by atoms with Crippen molar-refractivity contribution < 1.29 is 28.9 Å². The first kappa shape index (κ1) is 23.9. The van der Waals surface area contributed by atoms with E-state index in [0.29, 0.717) is 35.7 Å². The van der Waals surface area contributed by atoms with Crippen molar-refractivity contribution in [2.24, 2.45) is 5.92 Å². The van der Waals surface area contributed by atoms with Gasteiger partial charge in [-0.2, -0.15) is 0 Å². The van der Waals surface area contributed by atoms with Crippen LogP contribution in [0.25, 0.3) is 10.9 Å². The third kappa shape index (κ3) is 5.06. The summed E-state index contributed by atoms with van der Waals surface area (Å²) in [7, 11) is 1.50. The number of nitrogens with zero attached hydrogens (tertiary/aromatic N) is 2. The molecule has 0 aliphatic carbocycles. The second-order valence-electron chi connectivity index (χ2n) is 9.05. The summed E-state index contributed by atoms with van der Waals surface area (Å²) in [5.74, 6) is 0.729. The number of carbonyl (C=O) groups is 2. The Balaban J connectivity index is 1.19. The summed E-state index contributed by atoms with van der Waals surface area (Å²) in [6.07, 6.45) is 2.42. The Kier molecular flexibility index (Phi) is 6.90. The summed E-state index contributed by atoms with van der Waals surface area (Å²) >= 11 is 0. The summed E-state index contributed by atoms with van der Waals surface area (Å²) in [6, 6.07) is 12.5. The van der Waals surface area contributed by atoms with Crippen molar-refractivity contribution >= 4 is 28.5 Å². The van der Waals surface area contributed by atoms with Crippen LogP contribution in [0.2, 0.25) is 0 Å². The van der Waals surface area contributed by atoms with E-state index in [1.54, 1.807) is 18.2 Å². The van der Waals surface area contributed by atoms with Crippen LogP contribution in [-0.2, 0) is 11.2 Å². The Morgan fingerprint density at radius 3 is 2.61 bits per heavy atom. The highest BCUT2D eigenvalue weighted by atomic mass is 16.6. The van der Waals surface area contributed by atoms with E-state index in [0.717, 1.165) is 50.4 Å². The van der Waals surface area contributed by atoms with E-state index in [1.165, 1.54) is 18.7 Å². The highest BCUT2D eigenvalue weighted by Crippen LogP contribution is 2.31. The van der Waals surface area contributed by atoms with E-state index in [2.05, 4.69) is 27.3 Å². The number of anilines is 1. The smallest absolute Gasteiger partial charge is 0.336 e. The number of hydrogen-bond acceptors (Lipinski definition) is 7. The number of ether oxygens (including phenoxy) is 3. The number of nitrogens with one attached hydrogen (secondary N) is 1. The van der Waals surface area contributed by atoms with Gasteiger partial charge in [0.2, 0.25) is 11.8 Å². The lowest BCUT2D eigenvalue weighted by molar-refractivity contribution is -0.121. The number of rotatable bonds is 7. The predicted octanol–water partition coefficient (Wildman–Crippen LogP) is 3.61. The Labute approximate surface area is 209 Å². The fourth-order valence-corrected chi connectivity index (χ4v) is 4.78. The Hall–Kier alpha value is -3.85. The minimum atomic E-state index is -1.05.